The van der Waals surface area contributed by atoms with E-state index in [2.05, 4.69) is 23.9 Å². The van der Waals surface area contributed by atoms with Crippen LogP contribution in [0.5, 0.6) is 11.5 Å². The van der Waals surface area contributed by atoms with Crippen molar-refractivity contribution in [2.24, 2.45) is 11.8 Å². The van der Waals surface area contributed by atoms with E-state index in [9.17, 15) is 4.79 Å². The number of carbonyl (C=O) groups is 1. The number of hydrogen-bond acceptors (Lipinski definition) is 5. The second-order valence-electron chi connectivity index (χ2n) is 8.75. The van der Waals surface area contributed by atoms with Crippen molar-refractivity contribution in [2.75, 3.05) is 40.5 Å². The van der Waals surface area contributed by atoms with Crippen LogP contribution in [-0.4, -0.2) is 67.9 Å². The van der Waals surface area contributed by atoms with E-state index in [4.69, 9.17) is 14.2 Å². The van der Waals surface area contributed by atoms with Gasteiger partial charge in [-0.1, -0.05) is 6.07 Å². The van der Waals surface area contributed by atoms with Crippen LogP contribution in [0.2, 0.25) is 0 Å². The Morgan fingerprint density at radius 3 is 3.00 bits per heavy atom. The lowest BCUT2D eigenvalue weighted by Crippen LogP contribution is -2.40. The van der Waals surface area contributed by atoms with Gasteiger partial charge in [0.15, 0.2) is 11.5 Å². The fraction of sp³-hybridized carbons (Fsp3) is 0.667. The van der Waals surface area contributed by atoms with Gasteiger partial charge in [0.05, 0.1) is 18.2 Å². The van der Waals surface area contributed by atoms with Crippen molar-refractivity contribution in [1.29, 1.82) is 0 Å². The zero-order valence-corrected chi connectivity index (χ0v) is 16.1. The highest BCUT2D eigenvalue weighted by Gasteiger charge is 2.63. The number of hydrogen-bond donors (Lipinski definition) is 0. The molecule has 1 aromatic carbocycles. The second kappa shape index (κ2) is 6.38. The molecule has 6 heteroatoms. The fourth-order valence-corrected chi connectivity index (χ4v) is 5.55. The van der Waals surface area contributed by atoms with Gasteiger partial charge in [0.2, 0.25) is 12.7 Å². The zero-order valence-electron chi connectivity index (χ0n) is 16.1. The van der Waals surface area contributed by atoms with Crippen LogP contribution < -0.4 is 9.47 Å². The van der Waals surface area contributed by atoms with Gasteiger partial charge in [-0.3, -0.25) is 4.79 Å². The van der Waals surface area contributed by atoms with Gasteiger partial charge in [0.1, 0.15) is 0 Å². The first-order valence-electron chi connectivity index (χ1n) is 10.0. The number of nitrogens with zero attached hydrogens (tertiary/aromatic N) is 2. The van der Waals surface area contributed by atoms with Crippen LogP contribution in [-0.2, 0) is 16.0 Å². The minimum absolute atomic E-state index is 0.0697. The van der Waals surface area contributed by atoms with Crippen molar-refractivity contribution in [1.82, 2.24) is 9.80 Å². The Hall–Kier alpha value is -1.79. The maximum Gasteiger partial charge on any atom is 0.231 e. The Bertz CT molecular complexity index is 752. The third-order valence-electron chi connectivity index (χ3n) is 6.78. The normalized spacial score (nSPS) is 33.1. The molecule has 5 rings (SSSR count). The lowest BCUT2D eigenvalue weighted by molar-refractivity contribution is -0.131. The lowest BCUT2D eigenvalue weighted by Gasteiger charge is -2.30. The highest BCUT2D eigenvalue weighted by atomic mass is 16.7. The molecule has 1 amide bonds. The maximum absolute atomic E-state index is 12.9. The average molecular weight is 372 g/mol. The van der Waals surface area contributed by atoms with Crippen molar-refractivity contribution in [3.8, 4) is 11.5 Å². The molecule has 4 heterocycles. The molecule has 0 unspecified atom stereocenters. The fourth-order valence-electron chi connectivity index (χ4n) is 5.55. The summed E-state index contributed by atoms with van der Waals surface area (Å²) in [4.78, 5) is 17.2. The van der Waals surface area contributed by atoms with E-state index in [0.29, 0.717) is 24.4 Å². The van der Waals surface area contributed by atoms with Crippen LogP contribution in [0.4, 0.5) is 0 Å². The molecule has 146 valence electrons. The summed E-state index contributed by atoms with van der Waals surface area (Å²) < 4.78 is 17.2. The molecule has 4 atom stereocenters. The summed E-state index contributed by atoms with van der Waals surface area (Å²) in [5.41, 5.74) is 1.05. The molecule has 0 N–H and O–H groups in total. The molecular weight excluding hydrogens is 344 g/mol. The van der Waals surface area contributed by atoms with E-state index >= 15 is 0 Å². The van der Waals surface area contributed by atoms with Gasteiger partial charge in [0.25, 0.3) is 0 Å². The van der Waals surface area contributed by atoms with Crippen molar-refractivity contribution in [3.05, 3.63) is 23.8 Å². The van der Waals surface area contributed by atoms with E-state index in [1.807, 2.05) is 18.2 Å². The quantitative estimate of drug-likeness (QED) is 0.790. The summed E-state index contributed by atoms with van der Waals surface area (Å²) in [6, 6.07) is 5.94. The number of benzene rings is 1. The molecular formula is C21H28N2O4. The highest BCUT2D eigenvalue weighted by Crippen LogP contribution is 2.55. The summed E-state index contributed by atoms with van der Waals surface area (Å²) in [5.74, 6) is 2.86. The molecule has 27 heavy (non-hydrogen) atoms. The number of fused-ring (bicyclic) bond motifs is 2. The number of likely N-dealkylation sites (tertiary alicyclic amines) is 1. The van der Waals surface area contributed by atoms with Crippen LogP contribution in [0.3, 0.4) is 0 Å². The van der Waals surface area contributed by atoms with Crippen LogP contribution in [0, 0.1) is 11.8 Å². The molecule has 0 aliphatic carbocycles. The Morgan fingerprint density at radius 2 is 2.15 bits per heavy atom. The van der Waals surface area contributed by atoms with Crippen molar-refractivity contribution >= 4 is 5.91 Å². The van der Waals surface area contributed by atoms with Gasteiger partial charge in [-0.2, -0.15) is 0 Å². The Labute approximate surface area is 160 Å². The monoisotopic (exact) mass is 372 g/mol. The molecule has 3 fully saturated rings. The van der Waals surface area contributed by atoms with Gasteiger partial charge in [-0.15, -0.1) is 0 Å². The van der Waals surface area contributed by atoms with Gasteiger partial charge >= 0.3 is 0 Å². The summed E-state index contributed by atoms with van der Waals surface area (Å²) in [6.45, 7) is 2.97. The number of aryl methyl sites for hydroxylation is 1. The van der Waals surface area contributed by atoms with Crippen LogP contribution >= 0.6 is 0 Å². The molecule has 6 nitrogen and oxygen atoms in total. The Morgan fingerprint density at radius 1 is 1.30 bits per heavy atom. The minimum Gasteiger partial charge on any atom is -0.454 e. The van der Waals surface area contributed by atoms with Crippen LogP contribution in [0.15, 0.2) is 18.2 Å². The van der Waals surface area contributed by atoms with Gasteiger partial charge < -0.3 is 24.0 Å². The van der Waals surface area contributed by atoms with Gasteiger partial charge in [-0.25, -0.2) is 0 Å². The first-order chi connectivity index (χ1) is 13.0. The molecule has 3 saturated heterocycles. The smallest absolute Gasteiger partial charge is 0.231 e. The molecule has 0 aromatic heterocycles. The number of carbonyl (C=O) groups excluding carboxylic acids is 1. The summed E-state index contributed by atoms with van der Waals surface area (Å²) >= 11 is 0. The summed E-state index contributed by atoms with van der Waals surface area (Å²) in [7, 11) is 4.25. The molecule has 0 radical (unpaired) electrons. The van der Waals surface area contributed by atoms with Gasteiger partial charge in [-0.05, 0) is 51.1 Å². The standard InChI is InChI=1S/C21H28N2O4/c1-22(2)10-15-16-11-23(12-21(16)8-7-17(15)27-21)20(24)6-4-14-3-5-18-19(9-14)26-13-25-18/h3,5,9,15-17H,4,6-8,10-13H2,1-2H3/t15-,16+,17+,21+/m0/s1. The lowest BCUT2D eigenvalue weighted by atomic mass is 9.73. The first-order valence-corrected chi connectivity index (χ1v) is 10.0. The number of ether oxygens (including phenoxy) is 3. The van der Waals surface area contributed by atoms with E-state index in [0.717, 1.165) is 56.0 Å². The third-order valence-corrected chi connectivity index (χ3v) is 6.78. The largest absolute Gasteiger partial charge is 0.454 e. The summed E-state index contributed by atoms with van der Waals surface area (Å²) in [5, 5.41) is 0. The van der Waals surface area contributed by atoms with Crippen LogP contribution in [0.1, 0.15) is 24.8 Å². The van der Waals surface area contributed by atoms with E-state index in [-0.39, 0.29) is 18.3 Å². The Kier molecular flexibility index (Phi) is 4.09. The first kappa shape index (κ1) is 17.3. The van der Waals surface area contributed by atoms with Crippen LogP contribution in [0.25, 0.3) is 0 Å². The molecule has 4 aliphatic heterocycles. The average Bonchev–Trinajstić information content (AvgIpc) is 3.39. The Balaban J connectivity index is 1.22. The van der Waals surface area contributed by atoms with Crippen molar-refractivity contribution < 1.29 is 19.0 Å². The summed E-state index contributed by atoms with van der Waals surface area (Å²) in [6.07, 6.45) is 3.91. The highest BCUT2D eigenvalue weighted by molar-refractivity contribution is 5.77. The predicted molar refractivity (Wildman–Crippen MR) is 99.8 cm³/mol. The second-order valence-corrected chi connectivity index (χ2v) is 8.75. The molecule has 2 bridgehead atoms. The topological polar surface area (TPSA) is 51.2 Å². The molecule has 4 aliphatic rings. The zero-order chi connectivity index (χ0) is 18.6. The van der Waals surface area contributed by atoms with E-state index in [1.54, 1.807) is 0 Å². The van der Waals surface area contributed by atoms with Crippen molar-refractivity contribution in [3.63, 3.8) is 0 Å². The molecule has 1 aromatic rings. The molecule has 1 spiro atoms. The SMILES string of the molecule is CN(C)C[C@H]1[C@H]2CN(C(=O)CCc3ccc4c(c3)OCO4)C[C@]23CC[C@H]1O3. The molecule has 0 saturated carbocycles. The predicted octanol–water partition coefficient (Wildman–Crippen LogP) is 1.92. The van der Waals surface area contributed by atoms with Crippen molar-refractivity contribution in [2.45, 2.75) is 37.4 Å². The number of amides is 1. The maximum atomic E-state index is 12.9. The van der Waals surface area contributed by atoms with E-state index < -0.39 is 0 Å². The minimum atomic E-state index is -0.0697. The van der Waals surface area contributed by atoms with Gasteiger partial charge in [0, 0.05) is 31.3 Å². The number of rotatable bonds is 5. The third kappa shape index (κ3) is 2.90. The van der Waals surface area contributed by atoms with E-state index in [1.165, 1.54) is 0 Å².